The van der Waals surface area contributed by atoms with Crippen molar-refractivity contribution in [3.8, 4) is 0 Å². The number of nitrogens with two attached hydrogens (primary N) is 1. The van der Waals surface area contributed by atoms with Crippen LogP contribution < -0.4 is 5.73 Å². The molecular formula is C10H15ClNO2P. The van der Waals surface area contributed by atoms with E-state index in [9.17, 15) is 9.46 Å². The summed E-state index contributed by atoms with van der Waals surface area (Å²) in [6.45, 7) is 1.71. The lowest BCUT2D eigenvalue weighted by atomic mass is 10.0. The van der Waals surface area contributed by atoms with Crippen LogP contribution in [0.25, 0.3) is 0 Å². The van der Waals surface area contributed by atoms with Crippen LogP contribution in [0.3, 0.4) is 0 Å². The second-order valence-electron chi connectivity index (χ2n) is 3.72. The van der Waals surface area contributed by atoms with Crippen molar-refractivity contribution < 1.29 is 9.46 Å². The number of hydrogen-bond acceptors (Lipinski definition) is 2. The first-order valence-corrected chi connectivity index (χ1v) is 7.34. The molecule has 0 amide bonds. The quantitative estimate of drug-likeness (QED) is 0.803. The van der Waals surface area contributed by atoms with Gasteiger partial charge in [-0.2, -0.15) is 0 Å². The van der Waals surface area contributed by atoms with E-state index in [4.69, 9.17) is 17.3 Å². The van der Waals surface area contributed by atoms with Crippen molar-refractivity contribution in [1.29, 1.82) is 0 Å². The van der Waals surface area contributed by atoms with Gasteiger partial charge in [-0.15, -0.1) is 0 Å². The molecule has 0 heterocycles. The first-order chi connectivity index (χ1) is 6.92. The monoisotopic (exact) mass is 247 g/mol. The number of halogens is 1. The van der Waals surface area contributed by atoms with Crippen molar-refractivity contribution in [3.63, 3.8) is 0 Å². The van der Waals surface area contributed by atoms with Crippen LogP contribution in [0.4, 0.5) is 0 Å². The van der Waals surface area contributed by atoms with Crippen molar-refractivity contribution in [1.82, 2.24) is 0 Å². The van der Waals surface area contributed by atoms with Gasteiger partial charge in [0.15, 0.2) is 7.37 Å². The Kier molecular flexibility index (Phi) is 4.35. The Morgan fingerprint density at radius 1 is 1.47 bits per heavy atom. The van der Waals surface area contributed by atoms with Gasteiger partial charge in [-0.3, -0.25) is 4.57 Å². The molecule has 1 aromatic carbocycles. The molecule has 0 bridgehead atoms. The summed E-state index contributed by atoms with van der Waals surface area (Å²) < 4.78 is 11.3. The fourth-order valence-electron chi connectivity index (χ4n) is 1.46. The molecule has 15 heavy (non-hydrogen) atoms. The predicted octanol–water partition coefficient (Wildman–Crippen LogP) is 2.28. The van der Waals surface area contributed by atoms with Gasteiger partial charge in [0.2, 0.25) is 0 Å². The van der Waals surface area contributed by atoms with E-state index in [1.807, 2.05) is 12.1 Å². The van der Waals surface area contributed by atoms with Crippen LogP contribution in [0.1, 0.15) is 11.5 Å². The Bertz CT molecular complexity index is 360. The van der Waals surface area contributed by atoms with Gasteiger partial charge in [0.05, 0.1) is 0 Å². The molecule has 0 radical (unpaired) electrons. The highest BCUT2D eigenvalue weighted by Crippen LogP contribution is 2.40. The summed E-state index contributed by atoms with van der Waals surface area (Å²) in [5, 5.41) is 0.651. The molecule has 1 rings (SSSR count). The van der Waals surface area contributed by atoms with Crippen LogP contribution in [-0.2, 0) is 4.57 Å². The number of rotatable bonds is 4. The summed E-state index contributed by atoms with van der Waals surface area (Å²) in [6, 6.07) is 7.21. The van der Waals surface area contributed by atoms with E-state index in [1.54, 1.807) is 12.1 Å². The highest BCUT2D eigenvalue weighted by atomic mass is 35.5. The van der Waals surface area contributed by atoms with E-state index in [2.05, 4.69) is 0 Å². The van der Waals surface area contributed by atoms with Crippen LogP contribution in [0, 0.1) is 0 Å². The molecule has 5 heteroatoms. The molecule has 0 spiro atoms. The van der Waals surface area contributed by atoms with E-state index < -0.39 is 7.37 Å². The highest BCUT2D eigenvalue weighted by Gasteiger charge is 2.19. The largest absolute Gasteiger partial charge is 0.344 e. The summed E-state index contributed by atoms with van der Waals surface area (Å²) in [7, 11) is -3.03. The minimum atomic E-state index is -3.03. The maximum Gasteiger partial charge on any atom is 0.198 e. The highest BCUT2D eigenvalue weighted by molar-refractivity contribution is 7.57. The van der Waals surface area contributed by atoms with Gasteiger partial charge in [0, 0.05) is 23.8 Å². The molecule has 0 aliphatic rings. The lowest BCUT2D eigenvalue weighted by Crippen LogP contribution is -2.16. The van der Waals surface area contributed by atoms with Gasteiger partial charge in [0.25, 0.3) is 0 Å². The average molecular weight is 248 g/mol. The minimum Gasteiger partial charge on any atom is -0.344 e. The summed E-state index contributed by atoms with van der Waals surface area (Å²) in [4.78, 5) is 9.31. The lowest BCUT2D eigenvalue weighted by molar-refractivity contribution is 0.479. The molecule has 0 aromatic heterocycles. The van der Waals surface area contributed by atoms with Gasteiger partial charge in [-0.1, -0.05) is 23.7 Å². The number of benzene rings is 1. The van der Waals surface area contributed by atoms with Gasteiger partial charge < -0.3 is 10.6 Å². The van der Waals surface area contributed by atoms with E-state index >= 15 is 0 Å². The molecule has 3 nitrogen and oxygen atoms in total. The molecule has 0 aliphatic carbocycles. The minimum absolute atomic E-state index is 0.0805. The van der Waals surface area contributed by atoms with Crippen molar-refractivity contribution in [2.45, 2.75) is 5.92 Å². The maximum absolute atomic E-state index is 11.3. The van der Waals surface area contributed by atoms with E-state index in [1.165, 1.54) is 6.66 Å². The molecule has 1 aromatic rings. The Morgan fingerprint density at radius 2 is 2.00 bits per heavy atom. The zero-order valence-electron chi connectivity index (χ0n) is 8.56. The van der Waals surface area contributed by atoms with Crippen LogP contribution in [0.5, 0.6) is 0 Å². The van der Waals surface area contributed by atoms with Crippen molar-refractivity contribution in [3.05, 3.63) is 34.9 Å². The Balaban J connectivity index is 2.83. The third-order valence-electron chi connectivity index (χ3n) is 2.19. The second kappa shape index (κ2) is 5.13. The van der Waals surface area contributed by atoms with Crippen LogP contribution >= 0.6 is 19.0 Å². The third kappa shape index (κ3) is 4.35. The summed E-state index contributed by atoms with van der Waals surface area (Å²) >= 11 is 5.76. The van der Waals surface area contributed by atoms with Gasteiger partial charge in [-0.05, 0) is 24.2 Å². The van der Waals surface area contributed by atoms with Crippen molar-refractivity contribution in [2.75, 3.05) is 19.4 Å². The first kappa shape index (κ1) is 12.7. The van der Waals surface area contributed by atoms with Crippen LogP contribution in [0.2, 0.25) is 5.02 Å². The molecule has 84 valence electrons. The average Bonchev–Trinajstić information content (AvgIpc) is 2.14. The standard InChI is InChI=1S/C10H15ClNO2P/c1-15(13,14)7-9(6-12)8-2-4-10(11)5-3-8/h2-5,9H,6-7,12H2,1H3,(H,13,14)/t9-/m0/s1. The zero-order valence-corrected chi connectivity index (χ0v) is 10.2. The first-order valence-electron chi connectivity index (χ1n) is 4.67. The van der Waals surface area contributed by atoms with Gasteiger partial charge >= 0.3 is 0 Å². The second-order valence-corrected chi connectivity index (χ2v) is 6.62. The van der Waals surface area contributed by atoms with Gasteiger partial charge in [-0.25, -0.2) is 0 Å². The molecule has 3 N–H and O–H groups in total. The fraction of sp³-hybridized carbons (Fsp3) is 0.400. The third-order valence-corrected chi connectivity index (χ3v) is 3.56. The molecule has 0 fully saturated rings. The molecule has 2 atom stereocenters. The smallest absolute Gasteiger partial charge is 0.198 e. The number of hydrogen-bond donors (Lipinski definition) is 2. The Hall–Kier alpha value is -0.340. The summed E-state index contributed by atoms with van der Waals surface area (Å²) in [6.07, 6.45) is 0.213. The van der Waals surface area contributed by atoms with Gasteiger partial charge in [0.1, 0.15) is 0 Å². The van der Waals surface area contributed by atoms with E-state index in [0.717, 1.165) is 5.56 Å². The summed E-state index contributed by atoms with van der Waals surface area (Å²) in [5.41, 5.74) is 6.54. The van der Waals surface area contributed by atoms with E-state index in [0.29, 0.717) is 11.6 Å². The zero-order chi connectivity index (χ0) is 11.5. The molecule has 0 aliphatic heterocycles. The lowest BCUT2D eigenvalue weighted by Gasteiger charge is -2.16. The fourth-order valence-corrected chi connectivity index (χ4v) is 2.76. The predicted molar refractivity (Wildman–Crippen MR) is 63.9 cm³/mol. The van der Waals surface area contributed by atoms with Crippen LogP contribution in [-0.4, -0.2) is 24.3 Å². The summed E-state index contributed by atoms with van der Waals surface area (Å²) in [5.74, 6) is -0.0805. The molecular weight excluding hydrogens is 233 g/mol. The maximum atomic E-state index is 11.3. The normalized spacial score (nSPS) is 17.1. The van der Waals surface area contributed by atoms with E-state index in [-0.39, 0.29) is 12.1 Å². The Morgan fingerprint density at radius 3 is 2.40 bits per heavy atom. The van der Waals surface area contributed by atoms with Crippen molar-refractivity contribution in [2.24, 2.45) is 5.73 Å². The van der Waals surface area contributed by atoms with Crippen LogP contribution in [0.15, 0.2) is 24.3 Å². The topological polar surface area (TPSA) is 63.3 Å². The molecule has 0 saturated carbocycles. The molecule has 0 saturated heterocycles. The van der Waals surface area contributed by atoms with Crippen molar-refractivity contribution >= 4 is 19.0 Å². The Labute approximate surface area is 94.7 Å². The molecule has 1 unspecified atom stereocenters. The SMILES string of the molecule is CP(=O)(O)C[C@H](CN)c1ccc(Cl)cc1.